The zero-order valence-corrected chi connectivity index (χ0v) is 19.4. The highest BCUT2D eigenvalue weighted by Gasteiger charge is 2.17. The molecule has 0 fully saturated rings. The fourth-order valence-corrected chi connectivity index (χ4v) is 3.86. The number of fused-ring (bicyclic) bond motifs is 2. The van der Waals surface area contributed by atoms with Crippen molar-refractivity contribution in [3.63, 3.8) is 0 Å². The van der Waals surface area contributed by atoms with Gasteiger partial charge in [-0.15, -0.1) is 0 Å². The largest absolute Gasteiger partial charge is 0.309 e. The Hall–Kier alpha value is -4.05. The molecule has 0 saturated carbocycles. The number of carbonyl (C=O) groups excluding carboxylic acids is 1. The summed E-state index contributed by atoms with van der Waals surface area (Å²) in [6.45, 7) is 10.3. The fraction of sp³-hybridized carbons (Fsp3) is 0.269. The Bertz CT molecular complexity index is 1600. The molecule has 0 saturated heterocycles. The second-order valence-electron chi connectivity index (χ2n) is 8.75. The molecule has 4 aromatic rings. The van der Waals surface area contributed by atoms with E-state index in [1.165, 1.54) is 10.5 Å². The molecule has 0 radical (unpaired) electrons. The lowest BCUT2D eigenvalue weighted by atomic mass is 10.1. The van der Waals surface area contributed by atoms with Gasteiger partial charge >= 0.3 is 0 Å². The van der Waals surface area contributed by atoms with Crippen LogP contribution in [0.15, 0.2) is 52.4 Å². The average Bonchev–Trinajstić information content (AvgIpc) is 2.77. The van der Waals surface area contributed by atoms with Crippen LogP contribution in [-0.4, -0.2) is 19.9 Å². The third-order valence-electron chi connectivity index (χ3n) is 5.73. The first-order valence-corrected chi connectivity index (χ1v) is 10.8. The van der Waals surface area contributed by atoms with E-state index in [-0.39, 0.29) is 22.5 Å². The molecule has 0 atom stereocenters. The maximum atomic E-state index is 13.3. The Morgan fingerprint density at radius 1 is 1.09 bits per heavy atom. The summed E-state index contributed by atoms with van der Waals surface area (Å²) < 4.78 is 3.21. The van der Waals surface area contributed by atoms with Crippen LogP contribution in [0, 0.1) is 38.0 Å². The molecule has 0 N–H and O–H groups in total. The summed E-state index contributed by atoms with van der Waals surface area (Å²) in [5.41, 5.74) is 4.41. The predicted molar refractivity (Wildman–Crippen MR) is 127 cm³/mol. The van der Waals surface area contributed by atoms with Crippen LogP contribution in [0.1, 0.15) is 46.5 Å². The summed E-state index contributed by atoms with van der Waals surface area (Å²) >= 11 is 0. The number of nitrogens with zero attached hydrogens (tertiary/aromatic N) is 5. The molecule has 3 heterocycles. The lowest BCUT2D eigenvalue weighted by Gasteiger charge is -2.15. The van der Waals surface area contributed by atoms with E-state index in [0.29, 0.717) is 28.8 Å². The average molecular weight is 440 g/mol. The van der Waals surface area contributed by atoms with E-state index in [2.05, 4.69) is 11.1 Å². The number of nitriles is 1. The molecule has 166 valence electrons. The molecule has 0 aliphatic rings. The van der Waals surface area contributed by atoms with Gasteiger partial charge in [-0.05, 0) is 67.6 Å². The van der Waals surface area contributed by atoms with Crippen LogP contribution in [0.4, 0.5) is 0 Å². The van der Waals surface area contributed by atoms with E-state index in [9.17, 15) is 14.9 Å². The number of pyridine rings is 2. The Balaban J connectivity index is 2.11. The van der Waals surface area contributed by atoms with Crippen LogP contribution in [-0.2, 0) is 6.54 Å². The number of benzene rings is 1. The minimum Gasteiger partial charge on any atom is -0.309 e. The highest BCUT2D eigenvalue weighted by atomic mass is 16.1. The molecule has 7 heteroatoms. The first-order valence-electron chi connectivity index (χ1n) is 10.8. The topological polar surface area (TPSA) is 92.5 Å². The highest BCUT2D eigenvalue weighted by Crippen LogP contribution is 2.15. The lowest BCUT2D eigenvalue weighted by Crippen LogP contribution is -2.31. The third kappa shape index (κ3) is 3.96. The van der Waals surface area contributed by atoms with Crippen molar-refractivity contribution in [1.29, 1.82) is 5.26 Å². The summed E-state index contributed by atoms with van der Waals surface area (Å²) in [5, 5.41) is 10.2. The van der Waals surface area contributed by atoms with E-state index in [1.54, 1.807) is 29.0 Å². The van der Waals surface area contributed by atoms with Gasteiger partial charge in [0, 0.05) is 18.3 Å². The van der Waals surface area contributed by atoms with Gasteiger partial charge in [-0.25, -0.2) is 4.98 Å². The molecule has 0 bridgehead atoms. The summed E-state index contributed by atoms with van der Waals surface area (Å²) in [7, 11) is 0. The zero-order chi connectivity index (χ0) is 23.9. The molecule has 4 rings (SSSR count). The van der Waals surface area contributed by atoms with Gasteiger partial charge in [-0.3, -0.25) is 14.0 Å². The number of hydrogen-bond donors (Lipinski definition) is 0. The highest BCUT2D eigenvalue weighted by molar-refractivity contribution is 5.95. The van der Waals surface area contributed by atoms with E-state index in [4.69, 9.17) is 4.98 Å². The molecule has 0 unspecified atom stereocenters. The minimum absolute atomic E-state index is 0.159. The van der Waals surface area contributed by atoms with Crippen molar-refractivity contribution in [2.24, 2.45) is 10.9 Å². The van der Waals surface area contributed by atoms with Gasteiger partial charge in [-0.2, -0.15) is 10.3 Å². The molecular formula is C26H25N5O2. The summed E-state index contributed by atoms with van der Waals surface area (Å²) in [6, 6.07) is 12.7. The van der Waals surface area contributed by atoms with Crippen LogP contribution in [0.3, 0.4) is 0 Å². The first kappa shape index (κ1) is 22.2. The maximum absolute atomic E-state index is 13.3. The van der Waals surface area contributed by atoms with Crippen molar-refractivity contribution in [3.8, 4) is 6.07 Å². The number of amides is 1. The lowest BCUT2D eigenvalue weighted by molar-refractivity contribution is 0.0997. The van der Waals surface area contributed by atoms with Crippen molar-refractivity contribution >= 4 is 22.6 Å². The first-order chi connectivity index (χ1) is 15.7. The van der Waals surface area contributed by atoms with Crippen LogP contribution in [0.5, 0.6) is 0 Å². The normalized spacial score (nSPS) is 12.0. The van der Waals surface area contributed by atoms with E-state index < -0.39 is 5.91 Å². The third-order valence-corrected chi connectivity index (χ3v) is 5.73. The Labute approximate surface area is 191 Å². The number of rotatable bonds is 3. The molecule has 3 aromatic heterocycles. The van der Waals surface area contributed by atoms with Crippen LogP contribution >= 0.6 is 0 Å². The molecular weight excluding hydrogens is 414 g/mol. The van der Waals surface area contributed by atoms with Gasteiger partial charge in [0.1, 0.15) is 17.4 Å². The van der Waals surface area contributed by atoms with Crippen molar-refractivity contribution in [2.75, 3.05) is 0 Å². The minimum atomic E-state index is -0.444. The van der Waals surface area contributed by atoms with Crippen LogP contribution in [0.2, 0.25) is 0 Å². The van der Waals surface area contributed by atoms with Crippen molar-refractivity contribution in [3.05, 3.63) is 86.3 Å². The SMILES string of the molecule is Cc1ccc(C(=O)N=c2c(C#N)cc3c(=O)n4cccc(C)c4nc3n2CC(C)C)cc1C. The Morgan fingerprint density at radius 2 is 1.85 bits per heavy atom. The second-order valence-corrected chi connectivity index (χ2v) is 8.75. The Morgan fingerprint density at radius 3 is 2.52 bits per heavy atom. The van der Waals surface area contributed by atoms with E-state index in [0.717, 1.165) is 16.7 Å². The Kier molecular flexibility index (Phi) is 5.69. The number of carbonyl (C=O) groups is 1. The van der Waals surface area contributed by atoms with Crippen molar-refractivity contribution in [2.45, 2.75) is 41.2 Å². The van der Waals surface area contributed by atoms with Gasteiger partial charge in [0.25, 0.3) is 11.5 Å². The van der Waals surface area contributed by atoms with Gasteiger partial charge in [-0.1, -0.05) is 26.0 Å². The number of aryl methyl sites for hydroxylation is 3. The molecule has 0 aliphatic carbocycles. The second kappa shape index (κ2) is 8.47. The standard InChI is InChI=1S/C26H25N5O2/c1-15(2)14-31-23(29-25(32)19-9-8-16(3)18(5)11-19)20(13-27)12-21-24(31)28-22-17(4)7-6-10-30(22)26(21)33/h6-12,15H,14H2,1-5H3. The van der Waals surface area contributed by atoms with Gasteiger partial charge in [0.05, 0.1) is 10.9 Å². The van der Waals surface area contributed by atoms with Gasteiger partial charge in [0.2, 0.25) is 0 Å². The fourth-order valence-electron chi connectivity index (χ4n) is 3.86. The molecule has 0 spiro atoms. The molecule has 0 aliphatic heterocycles. The summed E-state index contributed by atoms with van der Waals surface area (Å²) in [4.78, 5) is 35.5. The maximum Gasteiger partial charge on any atom is 0.279 e. The van der Waals surface area contributed by atoms with Crippen molar-refractivity contribution < 1.29 is 4.79 Å². The monoisotopic (exact) mass is 439 g/mol. The molecule has 33 heavy (non-hydrogen) atoms. The molecule has 1 amide bonds. The van der Waals surface area contributed by atoms with E-state index in [1.807, 2.05) is 46.8 Å². The number of hydrogen-bond acceptors (Lipinski definition) is 4. The van der Waals surface area contributed by atoms with E-state index >= 15 is 0 Å². The smallest absolute Gasteiger partial charge is 0.279 e. The molecule has 7 nitrogen and oxygen atoms in total. The van der Waals surface area contributed by atoms with Crippen LogP contribution < -0.4 is 11.0 Å². The summed E-state index contributed by atoms with van der Waals surface area (Å²) in [5.74, 6) is -0.282. The quantitative estimate of drug-likeness (QED) is 0.453. The zero-order valence-electron chi connectivity index (χ0n) is 19.4. The van der Waals surface area contributed by atoms with Crippen molar-refractivity contribution in [1.82, 2.24) is 14.0 Å². The molecule has 1 aromatic carbocycles. The summed E-state index contributed by atoms with van der Waals surface area (Å²) in [6.07, 6.45) is 1.66. The van der Waals surface area contributed by atoms with Crippen LogP contribution in [0.25, 0.3) is 16.7 Å². The van der Waals surface area contributed by atoms with Gasteiger partial charge in [0.15, 0.2) is 5.49 Å². The predicted octanol–water partition coefficient (Wildman–Crippen LogP) is 3.84. The number of aromatic nitrogens is 3. The van der Waals surface area contributed by atoms with Gasteiger partial charge < -0.3 is 4.57 Å².